The van der Waals surface area contributed by atoms with E-state index in [1.54, 1.807) is 20.8 Å². The van der Waals surface area contributed by atoms with Crippen molar-refractivity contribution in [3.63, 3.8) is 0 Å². The summed E-state index contributed by atoms with van der Waals surface area (Å²) in [6, 6.07) is 5.67. The molecular weight excluding hydrogens is 296 g/mol. The summed E-state index contributed by atoms with van der Waals surface area (Å²) >= 11 is 0. The van der Waals surface area contributed by atoms with Crippen molar-refractivity contribution in [2.24, 2.45) is 10.9 Å². The zero-order valence-electron chi connectivity index (χ0n) is 14.1. The highest BCUT2D eigenvalue weighted by Crippen LogP contribution is 2.37. The van der Waals surface area contributed by atoms with Gasteiger partial charge in [0.25, 0.3) is 0 Å². The molecule has 2 unspecified atom stereocenters. The maximum atomic E-state index is 12.6. The maximum absolute atomic E-state index is 12.6. The van der Waals surface area contributed by atoms with Crippen LogP contribution in [-0.4, -0.2) is 36.9 Å². The molecule has 1 aliphatic heterocycles. The van der Waals surface area contributed by atoms with E-state index in [4.69, 9.17) is 9.47 Å². The third kappa shape index (κ3) is 3.06. The molecule has 2 atom stereocenters. The molecule has 0 radical (unpaired) electrons. The molecule has 0 aliphatic carbocycles. The van der Waals surface area contributed by atoms with E-state index in [1.165, 1.54) is 7.11 Å². The standard InChI is InChI=1S/C17H22N2O4/c1-6-23-16(21)17(4)14(15(20)22-5)11(3)18-12-8-7-10(2)9-13(12)19-17/h7-9,14,19H,6H2,1-5H3. The van der Waals surface area contributed by atoms with Crippen molar-refractivity contribution in [3.05, 3.63) is 23.8 Å². The Morgan fingerprint density at radius 2 is 2.04 bits per heavy atom. The number of carbonyl (C=O) groups is 2. The molecule has 1 N–H and O–H groups in total. The second kappa shape index (κ2) is 6.40. The number of fused-ring (bicyclic) bond motifs is 1. The molecular formula is C17H22N2O4. The van der Waals surface area contributed by atoms with Gasteiger partial charge in [0.15, 0.2) is 5.54 Å². The van der Waals surface area contributed by atoms with Crippen molar-refractivity contribution in [1.29, 1.82) is 0 Å². The van der Waals surface area contributed by atoms with E-state index < -0.39 is 23.4 Å². The van der Waals surface area contributed by atoms with Gasteiger partial charge in [-0.05, 0) is 45.4 Å². The SMILES string of the molecule is CCOC(=O)C1(C)Nc2cc(C)ccc2N=C(C)C1C(=O)OC. The lowest BCUT2D eigenvalue weighted by molar-refractivity contribution is -0.156. The normalized spacial score (nSPS) is 23.0. The molecule has 1 aliphatic rings. The third-order valence-corrected chi connectivity index (χ3v) is 3.97. The fourth-order valence-electron chi connectivity index (χ4n) is 2.85. The minimum Gasteiger partial charge on any atom is -0.468 e. The number of ether oxygens (including phenoxy) is 2. The van der Waals surface area contributed by atoms with E-state index in [-0.39, 0.29) is 6.61 Å². The summed E-state index contributed by atoms with van der Waals surface area (Å²) in [5.74, 6) is -1.92. The summed E-state index contributed by atoms with van der Waals surface area (Å²) in [7, 11) is 1.30. The molecule has 1 aromatic rings. The van der Waals surface area contributed by atoms with Crippen LogP contribution < -0.4 is 5.32 Å². The molecule has 1 aromatic carbocycles. The van der Waals surface area contributed by atoms with Gasteiger partial charge < -0.3 is 14.8 Å². The highest BCUT2D eigenvalue weighted by atomic mass is 16.5. The molecule has 6 heteroatoms. The molecule has 0 fully saturated rings. The molecule has 0 amide bonds. The average molecular weight is 318 g/mol. The zero-order valence-corrected chi connectivity index (χ0v) is 14.1. The smallest absolute Gasteiger partial charge is 0.332 e. The van der Waals surface area contributed by atoms with Crippen molar-refractivity contribution < 1.29 is 19.1 Å². The Bertz CT molecular complexity index is 669. The monoisotopic (exact) mass is 318 g/mol. The Labute approximate surface area is 135 Å². The number of hydrogen-bond donors (Lipinski definition) is 1. The first-order chi connectivity index (χ1) is 10.8. The number of carbonyl (C=O) groups excluding carboxylic acids is 2. The summed E-state index contributed by atoms with van der Waals surface area (Å²) < 4.78 is 10.1. The molecule has 0 saturated heterocycles. The van der Waals surface area contributed by atoms with Crippen LogP contribution in [0.4, 0.5) is 11.4 Å². The first-order valence-electron chi connectivity index (χ1n) is 7.52. The van der Waals surface area contributed by atoms with E-state index in [9.17, 15) is 9.59 Å². The summed E-state index contributed by atoms with van der Waals surface area (Å²) in [6.45, 7) is 7.26. The lowest BCUT2D eigenvalue weighted by Gasteiger charge is -2.33. The van der Waals surface area contributed by atoms with Gasteiger partial charge in [0.1, 0.15) is 5.92 Å². The van der Waals surface area contributed by atoms with Gasteiger partial charge in [-0.2, -0.15) is 0 Å². The largest absolute Gasteiger partial charge is 0.468 e. The Hall–Kier alpha value is -2.37. The van der Waals surface area contributed by atoms with Gasteiger partial charge in [-0.15, -0.1) is 0 Å². The Balaban J connectivity index is 2.62. The fourth-order valence-corrected chi connectivity index (χ4v) is 2.85. The third-order valence-electron chi connectivity index (χ3n) is 3.97. The van der Waals surface area contributed by atoms with Crippen LogP contribution in [0.3, 0.4) is 0 Å². The van der Waals surface area contributed by atoms with Crippen LogP contribution in [0, 0.1) is 12.8 Å². The van der Waals surface area contributed by atoms with Crippen LogP contribution in [0.1, 0.15) is 26.3 Å². The van der Waals surface area contributed by atoms with Crippen LogP contribution in [0.15, 0.2) is 23.2 Å². The number of nitrogens with zero attached hydrogens (tertiary/aromatic N) is 1. The highest BCUT2D eigenvalue weighted by Gasteiger charge is 2.50. The van der Waals surface area contributed by atoms with E-state index in [1.807, 2.05) is 25.1 Å². The van der Waals surface area contributed by atoms with Gasteiger partial charge >= 0.3 is 11.9 Å². The van der Waals surface area contributed by atoms with Crippen LogP contribution in [0.2, 0.25) is 0 Å². The first-order valence-corrected chi connectivity index (χ1v) is 7.52. The second-order valence-corrected chi connectivity index (χ2v) is 5.78. The first kappa shape index (κ1) is 17.0. The van der Waals surface area contributed by atoms with Gasteiger partial charge in [-0.3, -0.25) is 9.79 Å². The van der Waals surface area contributed by atoms with Crippen molar-refractivity contribution in [2.75, 3.05) is 19.0 Å². The summed E-state index contributed by atoms with van der Waals surface area (Å²) in [5, 5.41) is 3.17. The van der Waals surface area contributed by atoms with E-state index in [0.717, 1.165) is 5.56 Å². The molecule has 124 valence electrons. The Morgan fingerprint density at radius 1 is 1.35 bits per heavy atom. The molecule has 6 nitrogen and oxygen atoms in total. The van der Waals surface area contributed by atoms with Crippen molar-refractivity contribution in [2.45, 2.75) is 33.2 Å². The van der Waals surface area contributed by atoms with Crippen molar-refractivity contribution >= 4 is 29.0 Å². The Kier molecular flexibility index (Phi) is 4.73. The van der Waals surface area contributed by atoms with E-state index >= 15 is 0 Å². The number of rotatable bonds is 3. The van der Waals surface area contributed by atoms with Crippen molar-refractivity contribution in [1.82, 2.24) is 0 Å². The van der Waals surface area contributed by atoms with E-state index in [0.29, 0.717) is 17.1 Å². The van der Waals surface area contributed by atoms with Gasteiger partial charge in [0.05, 0.1) is 25.1 Å². The fraction of sp³-hybridized carbons (Fsp3) is 0.471. The average Bonchev–Trinajstić information content (AvgIpc) is 2.60. The quantitative estimate of drug-likeness (QED) is 0.867. The van der Waals surface area contributed by atoms with Crippen LogP contribution in [-0.2, 0) is 19.1 Å². The van der Waals surface area contributed by atoms with Gasteiger partial charge in [-0.1, -0.05) is 6.07 Å². The van der Waals surface area contributed by atoms with Crippen molar-refractivity contribution in [3.8, 4) is 0 Å². The number of hydrogen-bond acceptors (Lipinski definition) is 6. The lowest BCUT2D eigenvalue weighted by atomic mass is 9.82. The highest BCUT2D eigenvalue weighted by molar-refractivity contribution is 6.10. The lowest BCUT2D eigenvalue weighted by Crippen LogP contribution is -2.56. The van der Waals surface area contributed by atoms with Crippen LogP contribution in [0.5, 0.6) is 0 Å². The van der Waals surface area contributed by atoms with Gasteiger partial charge in [-0.25, -0.2) is 4.79 Å². The topological polar surface area (TPSA) is 77.0 Å². The maximum Gasteiger partial charge on any atom is 0.332 e. The summed E-state index contributed by atoms with van der Waals surface area (Å²) in [6.07, 6.45) is 0. The predicted octanol–water partition coefficient (Wildman–Crippen LogP) is 2.62. The number of aryl methyl sites for hydroxylation is 1. The number of benzene rings is 1. The van der Waals surface area contributed by atoms with Gasteiger partial charge in [0.2, 0.25) is 0 Å². The number of methoxy groups -OCH3 is 1. The number of esters is 2. The molecule has 0 spiro atoms. The molecule has 2 rings (SSSR count). The van der Waals surface area contributed by atoms with E-state index in [2.05, 4.69) is 10.3 Å². The molecule has 0 saturated carbocycles. The molecule has 0 bridgehead atoms. The number of nitrogens with one attached hydrogen (secondary N) is 1. The summed E-state index contributed by atoms with van der Waals surface area (Å²) in [5.41, 5.74) is 1.59. The van der Waals surface area contributed by atoms with Crippen LogP contribution in [0.25, 0.3) is 0 Å². The Morgan fingerprint density at radius 3 is 2.65 bits per heavy atom. The minimum atomic E-state index is -1.30. The molecule has 0 aromatic heterocycles. The van der Waals surface area contributed by atoms with Crippen LogP contribution >= 0.6 is 0 Å². The molecule has 23 heavy (non-hydrogen) atoms. The second-order valence-electron chi connectivity index (χ2n) is 5.78. The number of aliphatic imine (C=N–C) groups is 1. The summed E-state index contributed by atoms with van der Waals surface area (Å²) in [4.78, 5) is 29.4. The number of anilines is 1. The minimum absolute atomic E-state index is 0.223. The molecule has 1 heterocycles. The zero-order chi connectivity index (χ0) is 17.2. The predicted molar refractivity (Wildman–Crippen MR) is 88.1 cm³/mol. The van der Waals surface area contributed by atoms with Gasteiger partial charge in [0, 0.05) is 5.71 Å².